The molecule has 98 valence electrons. The van der Waals surface area contributed by atoms with E-state index in [0.29, 0.717) is 0 Å². The van der Waals surface area contributed by atoms with Crippen LogP contribution in [0.25, 0.3) is 0 Å². The lowest BCUT2D eigenvalue weighted by molar-refractivity contribution is 0.939. The van der Waals surface area contributed by atoms with Crippen molar-refractivity contribution in [3.8, 4) is 0 Å². The second-order valence-corrected chi connectivity index (χ2v) is 4.04. The van der Waals surface area contributed by atoms with E-state index >= 15 is 0 Å². The van der Waals surface area contributed by atoms with Gasteiger partial charge in [0.05, 0.1) is 6.21 Å². The van der Waals surface area contributed by atoms with E-state index in [-0.39, 0.29) is 11.5 Å². The Morgan fingerprint density at radius 2 is 2.05 bits per heavy atom. The summed E-state index contributed by atoms with van der Waals surface area (Å²) in [6, 6.07) is 7.87. The summed E-state index contributed by atoms with van der Waals surface area (Å²) in [6.45, 7) is 0. The Hall–Kier alpha value is -2.70. The van der Waals surface area contributed by atoms with Gasteiger partial charge in [0.25, 0.3) is 5.56 Å². The van der Waals surface area contributed by atoms with E-state index in [4.69, 9.17) is 0 Å². The number of aromatic amines is 1. The van der Waals surface area contributed by atoms with Crippen LogP contribution in [0.3, 0.4) is 0 Å². The van der Waals surface area contributed by atoms with Gasteiger partial charge in [-0.15, -0.1) is 10.2 Å². The maximum absolute atomic E-state index is 11.0. The Balaban J connectivity index is 2.01. The van der Waals surface area contributed by atoms with Gasteiger partial charge in [0.1, 0.15) is 6.20 Å². The molecule has 0 fully saturated rings. The molecule has 1 heterocycles. The van der Waals surface area contributed by atoms with Crippen LogP contribution < -0.4 is 15.9 Å². The first kappa shape index (κ1) is 12.7. The molecule has 2 rings (SSSR count). The van der Waals surface area contributed by atoms with Gasteiger partial charge in [-0.2, -0.15) is 5.10 Å². The third kappa shape index (κ3) is 3.63. The normalized spacial score (nSPS) is 10.6. The fraction of sp³-hybridized carbons (Fsp3) is 0.167. The number of aromatic nitrogens is 3. The molecule has 7 nitrogen and oxygen atoms in total. The SMILES string of the molecule is CN(C)c1ccc(/C=N/Nc2nncc(=O)[nH]2)cc1. The molecule has 0 aliphatic rings. The van der Waals surface area contributed by atoms with Gasteiger partial charge in [-0.1, -0.05) is 12.1 Å². The molecule has 2 aromatic rings. The molecule has 0 atom stereocenters. The minimum Gasteiger partial charge on any atom is -0.378 e. The summed E-state index contributed by atoms with van der Waals surface area (Å²) in [5.74, 6) is 0.202. The predicted octanol–water partition coefficient (Wildman–Crippen LogP) is 0.677. The van der Waals surface area contributed by atoms with E-state index in [1.54, 1.807) is 6.21 Å². The van der Waals surface area contributed by atoms with Crippen molar-refractivity contribution >= 4 is 17.9 Å². The average molecular weight is 258 g/mol. The molecule has 7 heteroatoms. The highest BCUT2D eigenvalue weighted by Crippen LogP contribution is 2.10. The minimum absolute atomic E-state index is 0.202. The fourth-order valence-corrected chi connectivity index (χ4v) is 1.39. The topological polar surface area (TPSA) is 86.3 Å². The quantitative estimate of drug-likeness (QED) is 0.622. The highest BCUT2D eigenvalue weighted by Gasteiger charge is 1.95. The first-order valence-electron chi connectivity index (χ1n) is 5.63. The van der Waals surface area contributed by atoms with Crippen LogP contribution in [0.1, 0.15) is 5.56 Å². The number of hydrazone groups is 1. The average Bonchev–Trinajstić information content (AvgIpc) is 2.39. The Kier molecular flexibility index (Phi) is 3.87. The molecule has 0 radical (unpaired) electrons. The van der Waals surface area contributed by atoms with Crippen molar-refractivity contribution in [2.45, 2.75) is 0 Å². The zero-order chi connectivity index (χ0) is 13.7. The lowest BCUT2D eigenvalue weighted by Crippen LogP contribution is -2.10. The summed E-state index contributed by atoms with van der Waals surface area (Å²) in [5.41, 5.74) is 4.32. The van der Waals surface area contributed by atoms with Gasteiger partial charge in [-0.05, 0) is 17.7 Å². The van der Waals surface area contributed by atoms with E-state index in [1.165, 1.54) is 0 Å². The standard InChI is InChI=1S/C12H14N6O/c1-18(2)10-5-3-9(4-6-10)7-13-16-12-15-11(19)8-14-17-12/h3-8H,1-2H3,(H2,15,16,17,19)/b13-7+. The van der Waals surface area contributed by atoms with Gasteiger partial charge in [0.2, 0.25) is 5.95 Å². The van der Waals surface area contributed by atoms with E-state index in [0.717, 1.165) is 17.4 Å². The highest BCUT2D eigenvalue weighted by atomic mass is 16.1. The first-order chi connectivity index (χ1) is 9.15. The molecule has 0 aliphatic carbocycles. The zero-order valence-electron chi connectivity index (χ0n) is 10.7. The van der Waals surface area contributed by atoms with Crippen LogP contribution in [-0.4, -0.2) is 35.5 Å². The Labute approximate surface area is 110 Å². The summed E-state index contributed by atoms with van der Waals surface area (Å²) in [6.07, 6.45) is 2.72. The van der Waals surface area contributed by atoms with Crippen LogP contribution in [0.2, 0.25) is 0 Å². The molecule has 0 saturated carbocycles. The summed E-state index contributed by atoms with van der Waals surface area (Å²) in [7, 11) is 3.96. The summed E-state index contributed by atoms with van der Waals surface area (Å²) < 4.78 is 0. The number of anilines is 2. The zero-order valence-corrected chi connectivity index (χ0v) is 10.7. The molecule has 0 unspecified atom stereocenters. The van der Waals surface area contributed by atoms with Crippen LogP contribution in [0.5, 0.6) is 0 Å². The van der Waals surface area contributed by atoms with Gasteiger partial charge < -0.3 is 4.90 Å². The van der Waals surface area contributed by atoms with Gasteiger partial charge in [-0.3, -0.25) is 9.78 Å². The van der Waals surface area contributed by atoms with E-state index in [9.17, 15) is 4.79 Å². The van der Waals surface area contributed by atoms with Crippen LogP contribution in [-0.2, 0) is 0 Å². The number of nitrogens with zero attached hydrogens (tertiary/aromatic N) is 4. The fourth-order valence-electron chi connectivity index (χ4n) is 1.39. The lowest BCUT2D eigenvalue weighted by atomic mass is 10.2. The van der Waals surface area contributed by atoms with Crippen molar-refractivity contribution in [3.63, 3.8) is 0 Å². The van der Waals surface area contributed by atoms with Gasteiger partial charge in [0.15, 0.2) is 0 Å². The lowest BCUT2D eigenvalue weighted by Gasteiger charge is -2.11. The number of hydrogen-bond donors (Lipinski definition) is 2. The molecule has 1 aromatic carbocycles. The number of benzene rings is 1. The molecule has 0 bridgehead atoms. The van der Waals surface area contributed by atoms with Crippen molar-refractivity contribution in [3.05, 3.63) is 46.4 Å². The molecular weight excluding hydrogens is 244 g/mol. The van der Waals surface area contributed by atoms with Crippen molar-refractivity contribution in [1.82, 2.24) is 15.2 Å². The molecule has 0 spiro atoms. The monoisotopic (exact) mass is 258 g/mol. The number of H-pyrrole nitrogens is 1. The van der Waals surface area contributed by atoms with Crippen LogP contribution >= 0.6 is 0 Å². The Morgan fingerprint density at radius 3 is 2.68 bits per heavy atom. The minimum atomic E-state index is -0.331. The summed E-state index contributed by atoms with van der Waals surface area (Å²) >= 11 is 0. The van der Waals surface area contributed by atoms with Gasteiger partial charge in [0, 0.05) is 19.8 Å². The van der Waals surface area contributed by atoms with E-state index in [2.05, 4.69) is 25.7 Å². The third-order valence-corrected chi connectivity index (χ3v) is 2.37. The molecular formula is C12H14N6O. The molecule has 2 N–H and O–H groups in total. The molecule has 19 heavy (non-hydrogen) atoms. The predicted molar refractivity (Wildman–Crippen MR) is 74.6 cm³/mol. The number of hydrogen-bond acceptors (Lipinski definition) is 6. The Bertz CT molecular complexity index is 617. The molecule has 0 saturated heterocycles. The first-order valence-corrected chi connectivity index (χ1v) is 5.63. The molecule has 1 aromatic heterocycles. The summed E-state index contributed by atoms with van der Waals surface area (Å²) in [5, 5.41) is 11.1. The third-order valence-electron chi connectivity index (χ3n) is 2.37. The molecule has 0 amide bonds. The van der Waals surface area contributed by atoms with Crippen molar-refractivity contribution in [2.24, 2.45) is 5.10 Å². The van der Waals surface area contributed by atoms with Crippen LogP contribution in [0.15, 0.2) is 40.4 Å². The van der Waals surface area contributed by atoms with Gasteiger partial charge >= 0.3 is 0 Å². The maximum atomic E-state index is 11.0. The Morgan fingerprint density at radius 1 is 1.32 bits per heavy atom. The van der Waals surface area contributed by atoms with Crippen molar-refractivity contribution in [2.75, 3.05) is 24.4 Å². The number of rotatable bonds is 4. The smallest absolute Gasteiger partial charge is 0.271 e. The highest BCUT2D eigenvalue weighted by molar-refractivity contribution is 5.80. The second kappa shape index (κ2) is 5.76. The second-order valence-electron chi connectivity index (χ2n) is 4.04. The maximum Gasteiger partial charge on any atom is 0.271 e. The van der Waals surface area contributed by atoms with E-state index in [1.807, 2.05) is 43.3 Å². The van der Waals surface area contributed by atoms with Crippen LogP contribution in [0, 0.1) is 0 Å². The summed E-state index contributed by atoms with van der Waals surface area (Å²) in [4.78, 5) is 15.4. The molecule has 0 aliphatic heterocycles. The largest absolute Gasteiger partial charge is 0.378 e. The van der Waals surface area contributed by atoms with Crippen LogP contribution in [0.4, 0.5) is 11.6 Å². The van der Waals surface area contributed by atoms with E-state index < -0.39 is 0 Å². The number of nitrogens with one attached hydrogen (secondary N) is 2. The van der Waals surface area contributed by atoms with Crippen molar-refractivity contribution in [1.29, 1.82) is 0 Å². The van der Waals surface area contributed by atoms with Crippen molar-refractivity contribution < 1.29 is 0 Å². The van der Waals surface area contributed by atoms with Gasteiger partial charge in [-0.25, -0.2) is 5.43 Å².